The number of hydrogen-bond donors (Lipinski definition) is 2. The first-order chi connectivity index (χ1) is 13.4. The minimum Gasteiger partial charge on any atom is -0.459 e. The largest absolute Gasteiger partial charge is 0.459 e. The Hall–Kier alpha value is -2.71. The Balaban J connectivity index is 1.75. The summed E-state index contributed by atoms with van der Waals surface area (Å²) < 4.78 is 45.1. The van der Waals surface area contributed by atoms with E-state index in [1.54, 1.807) is 6.07 Å². The van der Waals surface area contributed by atoms with E-state index in [1.165, 1.54) is 37.3 Å². The Kier molecular flexibility index (Phi) is 4.68. The SMILES string of the molecule is CC(=O)NCC1NCCc2c1oc1cc(S(=O)(=O)c3cccc(F)c3)ccc21. The summed E-state index contributed by atoms with van der Waals surface area (Å²) in [7, 11) is -3.86. The van der Waals surface area contributed by atoms with Crippen LogP contribution in [-0.2, 0) is 21.1 Å². The van der Waals surface area contributed by atoms with Gasteiger partial charge in [-0.2, -0.15) is 0 Å². The maximum atomic E-state index is 13.5. The lowest BCUT2D eigenvalue weighted by Crippen LogP contribution is -2.37. The molecule has 1 aromatic heterocycles. The van der Waals surface area contributed by atoms with E-state index in [0.717, 1.165) is 30.0 Å². The van der Waals surface area contributed by atoms with Crippen molar-refractivity contribution >= 4 is 26.7 Å². The predicted octanol–water partition coefficient (Wildman–Crippen LogP) is 2.73. The fourth-order valence-corrected chi connectivity index (χ4v) is 4.81. The van der Waals surface area contributed by atoms with Crippen molar-refractivity contribution < 1.29 is 22.0 Å². The molecule has 0 saturated heterocycles. The normalized spacial score (nSPS) is 16.7. The Labute approximate surface area is 161 Å². The number of carbonyl (C=O) groups excluding carboxylic acids is 1. The minimum atomic E-state index is -3.86. The van der Waals surface area contributed by atoms with Gasteiger partial charge in [-0.05, 0) is 36.8 Å². The molecule has 0 spiro atoms. The molecule has 4 rings (SSSR count). The van der Waals surface area contributed by atoms with Gasteiger partial charge in [0, 0.05) is 37.0 Å². The van der Waals surface area contributed by atoms with E-state index in [1.807, 2.05) is 0 Å². The summed E-state index contributed by atoms with van der Waals surface area (Å²) in [5.74, 6) is -0.0358. The van der Waals surface area contributed by atoms with Crippen LogP contribution in [0.1, 0.15) is 24.3 Å². The smallest absolute Gasteiger partial charge is 0.216 e. The first-order valence-corrected chi connectivity index (χ1v) is 10.4. The zero-order valence-corrected chi connectivity index (χ0v) is 16.0. The number of furan rings is 1. The maximum Gasteiger partial charge on any atom is 0.216 e. The minimum absolute atomic E-state index is 0.0445. The average Bonchev–Trinajstić information content (AvgIpc) is 3.04. The summed E-state index contributed by atoms with van der Waals surface area (Å²) in [4.78, 5) is 11.2. The first kappa shape index (κ1) is 18.6. The molecule has 1 aliphatic heterocycles. The van der Waals surface area contributed by atoms with Gasteiger partial charge in [0.1, 0.15) is 17.2 Å². The lowest BCUT2D eigenvalue weighted by Gasteiger charge is -2.22. The standard InChI is InChI=1S/C20H19FN2O4S/c1-12(24)23-11-18-20-17(7-8-22-18)16-6-5-15(10-19(16)27-20)28(25,26)14-4-2-3-13(21)9-14/h2-6,9-10,18,22H,7-8,11H2,1H3,(H,23,24). The quantitative estimate of drug-likeness (QED) is 0.701. The molecular weight excluding hydrogens is 383 g/mol. The van der Waals surface area contributed by atoms with Crippen molar-refractivity contribution in [2.45, 2.75) is 29.2 Å². The lowest BCUT2D eigenvalue weighted by molar-refractivity contribution is -0.119. The number of amides is 1. The van der Waals surface area contributed by atoms with Crippen LogP contribution in [0.3, 0.4) is 0 Å². The third-order valence-corrected chi connectivity index (χ3v) is 6.60. The predicted molar refractivity (Wildman–Crippen MR) is 101 cm³/mol. The van der Waals surface area contributed by atoms with Gasteiger partial charge in [0.05, 0.1) is 15.8 Å². The fourth-order valence-electron chi connectivity index (χ4n) is 3.50. The van der Waals surface area contributed by atoms with Crippen molar-refractivity contribution in [2.24, 2.45) is 0 Å². The highest BCUT2D eigenvalue weighted by atomic mass is 32.2. The summed E-state index contributed by atoms with van der Waals surface area (Å²) in [5.41, 5.74) is 1.47. The summed E-state index contributed by atoms with van der Waals surface area (Å²) in [6, 6.07) is 9.47. The second-order valence-electron chi connectivity index (χ2n) is 6.76. The lowest BCUT2D eigenvalue weighted by atomic mass is 9.99. The number of hydrogen-bond acceptors (Lipinski definition) is 5. The zero-order valence-electron chi connectivity index (χ0n) is 15.2. The van der Waals surface area contributed by atoms with Crippen molar-refractivity contribution in [2.75, 3.05) is 13.1 Å². The molecule has 8 heteroatoms. The van der Waals surface area contributed by atoms with E-state index in [2.05, 4.69) is 10.6 Å². The molecule has 0 bridgehead atoms. The molecule has 2 aromatic carbocycles. The van der Waals surface area contributed by atoms with E-state index < -0.39 is 15.7 Å². The van der Waals surface area contributed by atoms with Gasteiger partial charge in [-0.25, -0.2) is 12.8 Å². The maximum absolute atomic E-state index is 13.5. The molecule has 28 heavy (non-hydrogen) atoms. The van der Waals surface area contributed by atoms with Crippen LogP contribution in [-0.4, -0.2) is 27.4 Å². The third-order valence-electron chi connectivity index (χ3n) is 4.85. The Morgan fingerprint density at radius 1 is 1.25 bits per heavy atom. The molecule has 1 aliphatic rings. The molecule has 3 aromatic rings. The number of halogens is 1. The monoisotopic (exact) mass is 402 g/mol. The summed E-state index contributed by atoms with van der Waals surface area (Å²) in [6.07, 6.45) is 0.745. The van der Waals surface area contributed by atoms with Gasteiger partial charge in [0.2, 0.25) is 15.7 Å². The molecule has 1 amide bonds. The Morgan fingerprint density at radius 2 is 2.04 bits per heavy atom. The van der Waals surface area contributed by atoms with E-state index in [4.69, 9.17) is 4.42 Å². The van der Waals surface area contributed by atoms with Gasteiger partial charge in [-0.3, -0.25) is 4.79 Å². The van der Waals surface area contributed by atoms with E-state index in [0.29, 0.717) is 17.9 Å². The third kappa shape index (κ3) is 3.29. The van der Waals surface area contributed by atoms with Crippen molar-refractivity contribution in [3.8, 4) is 0 Å². The zero-order chi connectivity index (χ0) is 19.9. The molecule has 0 radical (unpaired) electrons. The van der Waals surface area contributed by atoms with Gasteiger partial charge < -0.3 is 15.1 Å². The number of fused-ring (bicyclic) bond motifs is 3. The molecule has 6 nitrogen and oxygen atoms in total. The van der Waals surface area contributed by atoms with Crippen LogP contribution < -0.4 is 10.6 Å². The van der Waals surface area contributed by atoms with Gasteiger partial charge >= 0.3 is 0 Å². The van der Waals surface area contributed by atoms with Crippen LogP contribution in [0.2, 0.25) is 0 Å². The number of carbonyl (C=O) groups is 1. The molecule has 146 valence electrons. The van der Waals surface area contributed by atoms with Gasteiger partial charge in [-0.15, -0.1) is 0 Å². The van der Waals surface area contributed by atoms with Crippen molar-refractivity contribution in [3.63, 3.8) is 0 Å². The van der Waals surface area contributed by atoms with Crippen molar-refractivity contribution in [3.05, 3.63) is 59.6 Å². The number of benzene rings is 2. The number of sulfone groups is 1. The van der Waals surface area contributed by atoms with Gasteiger partial charge in [0.25, 0.3) is 0 Å². The van der Waals surface area contributed by atoms with E-state index >= 15 is 0 Å². The fraction of sp³-hybridized carbons (Fsp3) is 0.250. The molecule has 2 heterocycles. The second-order valence-corrected chi connectivity index (χ2v) is 8.71. The molecule has 1 unspecified atom stereocenters. The van der Waals surface area contributed by atoms with Crippen LogP contribution in [0, 0.1) is 5.82 Å². The van der Waals surface area contributed by atoms with Crippen molar-refractivity contribution in [1.29, 1.82) is 0 Å². The van der Waals surface area contributed by atoms with Crippen LogP contribution in [0.4, 0.5) is 4.39 Å². The summed E-state index contributed by atoms with van der Waals surface area (Å²) >= 11 is 0. The highest BCUT2D eigenvalue weighted by molar-refractivity contribution is 7.91. The van der Waals surface area contributed by atoms with Gasteiger partial charge in [0.15, 0.2) is 0 Å². The second kappa shape index (κ2) is 7.03. The Morgan fingerprint density at radius 3 is 2.79 bits per heavy atom. The molecule has 0 saturated carbocycles. The van der Waals surface area contributed by atoms with Crippen LogP contribution in [0.25, 0.3) is 11.0 Å². The molecule has 0 fully saturated rings. The number of rotatable bonds is 4. The molecule has 0 aliphatic carbocycles. The molecular formula is C20H19FN2O4S. The van der Waals surface area contributed by atoms with E-state index in [-0.39, 0.29) is 21.7 Å². The van der Waals surface area contributed by atoms with Crippen LogP contribution in [0.15, 0.2) is 56.7 Å². The first-order valence-electron chi connectivity index (χ1n) is 8.90. The summed E-state index contributed by atoms with van der Waals surface area (Å²) in [6.45, 7) is 2.57. The topological polar surface area (TPSA) is 88.4 Å². The molecule has 2 N–H and O–H groups in total. The molecule has 1 atom stereocenters. The van der Waals surface area contributed by atoms with Gasteiger partial charge in [-0.1, -0.05) is 6.07 Å². The summed E-state index contributed by atoms with van der Waals surface area (Å²) in [5, 5.41) is 6.92. The highest BCUT2D eigenvalue weighted by Crippen LogP contribution is 2.35. The highest BCUT2D eigenvalue weighted by Gasteiger charge is 2.27. The Bertz CT molecular complexity index is 1170. The average molecular weight is 402 g/mol. The number of nitrogens with one attached hydrogen (secondary N) is 2. The van der Waals surface area contributed by atoms with E-state index in [9.17, 15) is 17.6 Å². The van der Waals surface area contributed by atoms with Crippen LogP contribution in [0.5, 0.6) is 0 Å². The van der Waals surface area contributed by atoms with Crippen LogP contribution >= 0.6 is 0 Å². The van der Waals surface area contributed by atoms with Crippen molar-refractivity contribution in [1.82, 2.24) is 10.6 Å².